The molecule has 2 rings (SSSR count). The van der Waals surface area contributed by atoms with Gasteiger partial charge >= 0.3 is 0 Å². The summed E-state index contributed by atoms with van der Waals surface area (Å²) < 4.78 is 11.2. The zero-order valence-electron chi connectivity index (χ0n) is 11.5. The van der Waals surface area contributed by atoms with Crippen molar-refractivity contribution in [2.45, 2.75) is 38.8 Å². The molecule has 0 aliphatic heterocycles. The van der Waals surface area contributed by atoms with Crippen LogP contribution in [-0.4, -0.2) is 26.4 Å². The van der Waals surface area contributed by atoms with Gasteiger partial charge in [-0.1, -0.05) is 13.0 Å². The monoisotopic (exact) mass is 249 g/mol. The summed E-state index contributed by atoms with van der Waals surface area (Å²) in [6, 6.07) is 6.63. The lowest BCUT2D eigenvalue weighted by Gasteiger charge is -2.21. The van der Waals surface area contributed by atoms with Crippen LogP contribution in [0.5, 0.6) is 5.75 Å². The Morgan fingerprint density at radius 3 is 2.83 bits per heavy atom. The normalized spacial score (nSPS) is 21.9. The molecule has 2 atom stereocenters. The predicted octanol–water partition coefficient (Wildman–Crippen LogP) is 2.70. The van der Waals surface area contributed by atoms with Crippen molar-refractivity contribution < 1.29 is 9.47 Å². The Bertz CT molecular complexity index is 392. The number of fused-ring (bicyclic) bond motifs is 1. The van der Waals surface area contributed by atoms with Crippen LogP contribution in [0.15, 0.2) is 18.2 Å². The minimum atomic E-state index is 0.253. The molecule has 0 saturated heterocycles. The maximum Gasteiger partial charge on any atom is 0.119 e. The summed E-state index contributed by atoms with van der Waals surface area (Å²) in [6.07, 6.45) is 2.38. The first-order valence-corrected chi connectivity index (χ1v) is 6.82. The smallest absolute Gasteiger partial charge is 0.119 e. The van der Waals surface area contributed by atoms with E-state index in [1.807, 2.05) is 6.07 Å². The Kier molecular flexibility index (Phi) is 4.61. The lowest BCUT2D eigenvalue weighted by molar-refractivity contribution is 0.0434. The van der Waals surface area contributed by atoms with Crippen molar-refractivity contribution in [3.05, 3.63) is 29.3 Å². The standard InChI is InChI=1S/C15H23NO2/c1-4-8-16-15-13-10-12(17-3)7-6-11(13)9-14(15)18-5-2/h6-7,10,14-16H,4-5,8-9H2,1-3H3. The minimum Gasteiger partial charge on any atom is -0.497 e. The lowest BCUT2D eigenvalue weighted by Crippen LogP contribution is -2.31. The molecule has 18 heavy (non-hydrogen) atoms. The van der Waals surface area contributed by atoms with Gasteiger partial charge in [-0.15, -0.1) is 0 Å². The Balaban J connectivity index is 2.22. The topological polar surface area (TPSA) is 30.5 Å². The number of rotatable bonds is 6. The number of hydrogen-bond acceptors (Lipinski definition) is 3. The van der Waals surface area contributed by atoms with Crippen molar-refractivity contribution in [2.24, 2.45) is 0 Å². The summed E-state index contributed by atoms with van der Waals surface area (Å²) in [5.74, 6) is 0.925. The third-order valence-corrected chi connectivity index (χ3v) is 3.48. The Morgan fingerprint density at radius 2 is 2.17 bits per heavy atom. The van der Waals surface area contributed by atoms with Crippen LogP contribution < -0.4 is 10.1 Å². The molecule has 0 fully saturated rings. The van der Waals surface area contributed by atoms with E-state index in [1.54, 1.807) is 7.11 Å². The molecule has 1 aromatic carbocycles. The maximum atomic E-state index is 5.87. The molecule has 3 heteroatoms. The van der Waals surface area contributed by atoms with Crippen LogP contribution in [0, 0.1) is 0 Å². The van der Waals surface area contributed by atoms with E-state index in [1.165, 1.54) is 11.1 Å². The van der Waals surface area contributed by atoms with Gasteiger partial charge in [0.25, 0.3) is 0 Å². The fraction of sp³-hybridized carbons (Fsp3) is 0.600. The molecule has 0 spiro atoms. The Morgan fingerprint density at radius 1 is 1.33 bits per heavy atom. The van der Waals surface area contributed by atoms with Crippen LogP contribution in [0.1, 0.15) is 37.4 Å². The summed E-state index contributed by atoms with van der Waals surface area (Å²) >= 11 is 0. The first-order chi connectivity index (χ1) is 8.80. The zero-order valence-corrected chi connectivity index (χ0v) is 11.5. The first-order valence-electron chi connectivity index (χ1n) is 6.82. The molecule has 1 aliphatic rings. The van der Waals surface area contributed by atoms with Crippen LogP contribution in [0.4, 0.5) is 0 Å². The molecule has 0 radical (unpaired) electrons. The second kappa shape index (κ2) is 6.21. The van der Waals surface area contributed by atoms with Gasteiger partial charge in [0.15, 0.2) is 0 Å². The SMILES string of the molecule is CCCNC1c2cc(OC)ccc2CC1OCC. The van der Waals surface area contributed by atoms with E-state index < -0.39 is 0 Å². The lowest BCUT2D eigenvalue weighted by atomic mass is 10.1. The molecule has 0 aromatic heterocycles. The molecule has 1 aliphatic carbocycles. The fourth-order valence-electron chi connectivity index (χ4n) is 2.62. The molecule has 0 heterocycles. The summed E-state index contributed by atoms with van der Waals surface area (Å²) in [5, 5.41) is 3.59. The molecule has 3 nitrogen and oxygen atoms in total. The van der Waals surface area contributed by atoms with E-state index in [9.17, 15) is 0 Å². The van der Waals surface area contributed by atoms with E-state index >= 15 is 0 Å². The van der Waals surface area contributed by atoms with E-state index in [-0.39, 0.29) is 6.10 Å². The van der Waals surface area contributed by atoms with E-state index in [0.717, 1.165) is 31.7 Å². The number of hydrogen-bond donors (Lipinski definition) is 1. The summed E-state index contributed by atoms with van der Waals surface area (Å²) in [7, 11) is 1.71. The van der Waals surface area contributed by atoms with Crippen LogP contribution in [0.3, 0.4) is 0 Å². The number of benzene rings is 1. The minimum absolute atomic E-state index is 0.253. The Labute approximate surface area is 109 Å². The van der Waals surface area contributed by atoms with Gasteiger partial charge in [-0.05, 0) is 43.1 Å². The van der Waals surface area contributed by atoms with Crippen LogP contribution in [-0.2, 0) is 11.2 Å². The van der Waals surface area contributed by atoms with Gasteiger partial charge in [-0.3, -0.25) is 0 Å². The third-order valence-electron chi connectivity index (χ3n) is 3.48. The summed E-state index contributed by atoms with van der Waals surface area (Å²) in [4.78, 5) is 0. The van der Waals surface area contributed by atoms with Crippen LogP contribution in [0.2, 0.25) is 0 Å². The molecular weight excluding hydrogens is 226 g/mol. The molecule has 2 unspecified atom stereocenters. The molecule has 1 N–H and O–H groups in total. The van der Waals surface area contributed by atoms with Crippen molar-refractivity contribution in [3.63, 3.8) is 0 Å². The van der Waals surface area contributed by atoms with E-state index in [0.29, 0.717) is 6.04 Å². The van der Waals surface area contributed by atoms with Gasteiger partial charge in [0.1, 0.15) is 5.75 Å². The van der Waals surface area contributed by atoms with Gasteiger partial charge in [0.05, 0.1) is 19.3 Å². The highest BCUT2D eigenvalue weighted by molar-refractivity contribution is 5.42. The van der Waals surface area contributed by atoms with Gasteiger partial charge in [0, 0.05) is 13.0 Å². The number of ether oxygens (including phenoxy) is 2. The van der Waals surface area contributed by atoms with E-state index in [4.69, 9.17) is 9.47 Å². The maximum absolute atomic E-state index is 5.87. The van der Waals surface area contributed by atoms with Crippen LogP contribution >= 0.6 is 0 Å². The highest BCUT2D eigenvalue weighted by atomic mass is 16.5. The Hall–Kier alpha value is -1.06. The molecule has 0 bridgehead atoms. The largest absolute Gasteiger partial charge is 0.497 e. The summed E-state index contributed by atoms with van der Waals surface area (Å²) in [6.45, 7) is 6.02. The van der Waals surface area contributed by atoms with Crippen LogP contribution in [0.25, 0.3) is 0 Å². The number of methoxy groups -OCH3 is 1. The molecular formula is C15H23NO2. The molecule has 100 valence electrons. The average molecular weight is 249 g/mol. The van der Waals surface area contributed by atoms with Gasteiger partial charge < -0.3 is 14.8 Å². The highest BCUT2D eigenvalue weighted by Gasteiger charge is 2.32. The van der Waals surface area contributed by atoms with Gasteiger partial charge in [-0.25, -0.2) is 0 Å². The zero-order chi connectivity index (χ0) is 13.0. The first kappa shape index (κ1) is 13.4. The van der Waals surface area contributed by atoms with Crippen molar-refractivity contribution in [3.8, 4) is 5.75 Å². The predicted molar refractivity (Wildman–Crippen MR) is 73.1 cm³/mol. The fourth-order valence-corrected chi connectivity index (χ4v) is 2.62. The van der Waals surface area contributed by atoms with Crippen molar-refractivity contribution in [1.29, 1.82) is 0 Å². The van der Waals surface area contributed by atoms with Crippen molar-refractivity contribution in [2.75, 3.05) is 20.3 Å². The van der Waals surface area contributed by atoms with Crippen molar-refractivity contribution >= 4 is 0 Å². The van der Waals surface area contributed by atoms with Gasteiger partial charge in [-0.2, -0.15) is 0 Å². The second-order valence-corrected chi connectivity index (χ2v) is 4.69. The molecule has 1 aromatic rings. The molecule has 0 amide bonds. The van der Waals surface area contributed by atoms with E-state index in [2.05, 4.69) is 31.3 Å². The highest BCUT2D eigenvalue weighted by Crippen LogP contribution is 2.35. The number of nitrogens with one attached hydrogen (secondary N) is 1. The second-order valence-electron chi connectivity index (χ2n) is 4.69. The quantitative estimate of drug-likeness (QED) is 0.841. The van der Waals surface area contributed by atoms with Crippen molar-refractivity contribution in [1.82, 2.24) is 5.32 Å². The van der Waals surface area contributed by atoms with Gasteiger partial charge in [0.2, 0.25) is 0 Å². The molecule has 0 saturated carbocycles. The summed E-state index contributed by atoms with van der Waals surface area (Å²) in [5.41, 5.74) is 2.71. The third kappa shape index (κ3) is 2.68. The average Bonchev–Trinajstić information content (AvgIpc) is 2.73.